The Hall–Kier alpha value is -1.26. The molecule has 0 aromatic carbocycles. The van der Waals surface area contributed by atoms with E-state index in [0.717, 1.165) is 0 Å². The molecule has 1 rings (SSSR count). The summed E-state index contributed by atoms with van der Waals surface area (Å²) in [6.07, 6.45) is 0.453. The third kappa shape index (κ3) is 2.76. The standard InChI is InChI=1S/C14H20O4/c1-8(2)6-7-10-9(3)11(15)13(17-4)14(18-5)12(10)16/h1,6,11-12,15-16H,7H2,2-5H3/b8-6-. The summed E-state index contributed by atoms with van der Waals surface area (Å²) in [6.45, 7) is 9.11. The molecule has 18 heavy (non-hydrogen) atoms. The van der Waals surface area contributed by atoms with Crippen LogP contribution in [-0.4, -0.2) is 36.6 Å². The van der Waals surface area contributed by atoms with E-state index in [1.165, 1.54) is 14.2 Å². The predicted molar refractivity (Wildman–Crippen MR) is 68.4 cm³/mol. The molecular formula is C14H20O4. The summed E-state index contributed by atoms with van der Waals surface area (Å²) in [6, 6.07) is 0. The molecule has 0 fully saturated rings. The largest absolute Gasteiger partial charge is 0.494 e. The van der Waals surface area contributed by atoms with E-state index >= 15 is 0 Å². The van der Waals surface area contributed by atoms with Crippen LogP contribution in [0.25, 0.3) is 0 Å². The molecule has 2 atom stereocenters. The Morgan fingerprint density at radius 1 is 1.22 bits per heavy atom. The van der Waals surface area contributed by atoms with Crippen molar-refractivity contribution in [2.75, 3.05) is 14.2 Å². The lowest BCUT2D eigenvalue weighted by Gasteiger charge is -2.30. The molecule has 2 unspecified atom stereocenters. The maximum Gasteiger partial charge on any atom is 0.169 e. The Morgan fingerprint density at radius 2 is 1.72 bits per heavy atom. The molecule has 100 valence electrons. The molecule has 0 saturated heterocycles. The normalized spacial score (nSPS) is 25.6. The summed E-state index contributed by atoms with van der Waals surface area (Å²) >= 11 is 0. The van der Waals surface area contributed by atoms with Gasteiger partial charge in [-0.25, -0.2) is 0 Å². The van der Waals surface area contributed by atoms with Gasteiger partial charge in [0.15, 0.2) is 11.5 Å². The quantitative estimate of drug-likeness (QED) is 0.746. The number of aliphatic hydroxyl groups excluding tert-OH is 2. The van der Waals surface area contributed by atoms with Gasteiger partial charge in [0.25, 0.3) is 0 Å². The van der Waals surface area contributed by atoms with Crippen LogP contribution in [-0.2, 0) is 9.47 Å². The van der Waals surface area contributed by atoms with Crippen LogP contribution in [0.2, 0.25) is 0 Å². The molecule has 0 spiro atoms. The molecule has 4 heteroatoms. The Labute approximate surface area is 108 Å². The van der Waals surface area contributed by atoms with Gasteiger partial charge in [-0.05, 0) is 38.3 Å². The first-order chi connectivity index (χ1) is 8.43. The number of methoxy groups -OCH3 is 2. The van der Waals surface area contributed by atoms with Crippen LogP contribution in [0.3, 0.4) is 0 Å². The van der Waals surface area contributed by atoms with Gasteiger partial charge in [0, 0.05) is 0 Å². The summed E-state index contributed by atoms with van der Waals surface area (Å²) < 4.78 is 10.2. The average Bonchev–Trinajstić information content (AvgIpc) is 2.32. The smallest absolute Gasteiger partial charge is 0.169 e. The van der Waals surface area contributed by atoms with Gasteiger partial charge in [0.05, 0.1) is 14.2 Å². The first-order valence-corrected chi connectivity index (χ1v) is 5.73. The van der Waals surface area contributed by atoms with Crippen molar-refractivity contribution < 1.29 is 19.7 Å². The fraction of sp³-hybridized carbons (Fsp3) is 0.500. The highest BCUT2D eigenvalue weighted by Crippen LogP contribution is 2.33. The summed E-state index contributed by atoms with van der Waals surface area (Å²) in [5, 5.41) is 20.3. The molecule has 0 aromatic heterocycles. The third-order valence-electron chi connectivity index (χ3n) is 3.07. The number of allylic oxidation sites excluding steroid dienone is 2. The monoisotopic (exact) mass is 252 g/mol. The van der Waals surface area contributed by atoms with E-state index in [0.29, 0.717) is 23.1 Å². The van der Waals surface area contributed by atoms with Crippen molar-refractivity contribution >= 4 is 0 Å². The van der Waals surface area contributed by atoms with E-state index in [9.17, 15) is 10.2 Å². The van der Waals surface area contributed by atoms with Crippen molar-refractivity contribution in [1.29, 1.82) is 0 Å². The molecule has 2 radical (unpaired) electrons. The van der Waals surface area contributed by atoms with Crippen LogP contribution in [0.5, 0.6) is 0 Å². The van der Waals surface area contributed by atoms with Gasteiger partial charge < -0.3 is 19.7 Å². The van der Waals surface area contributed by atoms with Crippen LogP contribution < -0.4 is 0 Å². The van der Waals surface area contributed by atoms with Gasteiger partial charge in [-0.15, -0.1) is 0 Å². The molecule has 2 N–H and O–H groups in total. The number of hydrogen-bond donors (Lipinski definition) is 2. The average molecular weight is 252 g/mol. The van der Waals surface area contributed by atoms with Gasteiger partial charge in [0.1, 0.15) is 12.2 Å². The maximum absolute atomic E-state index is 10.2. The zero-order valence-electron chi connectivity index (χ0n) is 11.2. The lowest BCUT2D eigenvalue weighted by atomic mass is 9.88. The van der Waals surface area contributed by atoms with E-state index in [2.05, 4.69) is 0 Å². The first kappa shape index (κ1) is 14.8. The van der Waals surface area contributed by atoms with Crippen LogP contribution in [0.4, 0.5) is 0 Å². The second kappa shape index (κ2) is 6.07. The maximum atomic E-state index is 10.2. The van der Waals surface area contributed by atoms with Gasteiger partial charge in [-0.1, -0.05) is 11.6 Å². The second-order valence-electron chi connectivity index (χ2n) is 4.30. The molecule has 4 nitrogen and oxygen atoms in total. The SMILES string of the molecule is [CH]/C(C)=C/CC1=C(C)C(O)C(OC)=C(OC)C1O. The second-order valence-corrected chi connectivity index (χ2v) is 4.30. The molecular weight excluding hydrogens is 232 g/mol. The topological polar surface area (TPSA) is 58.9 Å². The minimum atomic E-state index is -0.913. The molecule has 1 aliphatic carbocycles. The lowest BCUT2D eigenvalue weighted by Crippen LogP contribution is -2.31. The zero-order chi connectivity index (χ0) is 13.9. The molecule has 0 amide bonds. The van der Waals surface area contributed by atoms with E-state index in [4.69, 9.17) is 16.4 Å². The van der Waals surface area contributed by atoms with E-state index in [1.807, 2.05) is 0 Å². The van der Waals surface area contributed by atoms with Crippen molar-refractivity contribution in [2.24, 2.45) is 0 Å². The van der Waals surface area contributed by atoms with Gasteiger partial charge in [-0.2, -0.15) is 0 Å². The summed E-state index contributed by atoms with van der Waals surface area (Å²) in [7, 11) is 2.87. The Bertz CT molecular complexity index is 400. The molecule has 0 heterocycles. The zero-order valence-corrected chi connectivity index (χ0v) is 11.2. The highest BCUT2D eigenvalue weighted by atomic mass is 16.5. The third-order valence-corrected chi connectivity index (χ3v) is 3.07. The minimum Gasteiger partial charge on any atom is -0.494 e. The number of hydrogen-bond acceptors (Lipinski definition) is 4. The fourth-order valence-corrected chi connectivity index (χ4v) is 1.98. The highest BCUT2D eigenvalue weighted by Gasteiger charge is 2.34. The highest BCUT2D eigenvalue weighted by molar-refractivity contribution is 5.39. The van der Waals surface area contributed by atoms with E-state index in [-0.39, 0.29) is 11.5 Å². The summed E-state index contributed by atoms with van der Waals surface area (Å²) in [5.74, 6) is 0.494. The van der Waals surface area contributed by atoms with Gasteiger partial charge in [0.2, 0.25) is 0 Å². The van der Waals surface area contributed by atoms with Crippen molar-refractivity contribution in [2.45, 2.75) is 32.5 Å². The van der Waals surface area contributed by atoms with Crippen LogP contribution >= 0.6 is 0 Å². The van der Waals surface area contributed by atoms with Crippen molar-refractivity contribution in [1.82, 2.24) is 0 Å². The Balaban J connectivity index is 3.13. The van der Waals surface area contributed by atoms with Crippen molar-refractivity contribution in [3.63, 3.8) is 0 Å². The van der Waals surface area contributed by atoms with E-state index < -0.39 is 12.2 Å². The number of ether oxygens (including phenoxy) is 2. The molecule has 0 aromatic rings. The lowest BCUT2D eigenvalue weighted by molar-refractivity contribution is 0.0794. The van der Waals surface area contributed by atoms with Crippen LogP contribution in [0, 0.1) is 6.92 Å². The minimum absolute atomic E-state index is 0.244. The predicted octanol–water partition coefficient (Wildman–Crippen LogP) is 1.59. The number of rotatable bonds is 4. The van der Waals surface area contributed by atoms with Crippen LogP contribution in [0.15, 0.2) is 34.3 Å². The molecule has 0 bridgehead atoms. The molecule has 1 aliphatic rings. The van der Waals surface area contributed by atoms with E-state index in [1.54, 1.807) is 19.9 Å². The van der Waals surface area contributed by atoms with Crippen molar-refractivity contribution in [3.8, 4) is 0 Å². The fourth-order valence-electron chi connectivity index (χ4n) is 1.98. The Kier molecular flexibility index (Phi) is 4.99. The molecule has 0 aliphatic heterocycles. The van der Waals surface area contributed by atoms with Gasteiger partial charge in [-0.3, -0.25) is 0 Å². The van der Waals surface area contributed by atoms with Crippen LogP contribution in [0.1, 0.15) is 20.3 Å². The summed E-state index contributed by atoms with van der Waals surface area (Å²) in [4.78, 5) is 0. The van der Waals surface area contributed by atoms with Gasteiger partial charge >= 0.3 is 0 Å². The number of aliphatic hydroxyl groups is 2. The first-order valence-electron chi connectivity index (χ1n) is 5.73. The van der Waals surface area contributed by atoms with Crippen molar-refractivity contribution in [3.05, 3.63) is 41.2 Å². The summed E-state index contributed by atoms with van der Waals surface area (Å²) in [5.41, 5.74) is 2.01. The Morgan fingerprint density at radius 3 is 2.17 bits per heavy atom. The molecule has 0 saturated carbocycles.